The summed E-state index contributed by atoms with van der Waals surface area (Å²) in [6, 6.07) is 0. The Kier molecular flexibility index (Phi) is 3.27. The summed E-state index contributed by atoms with van der Waals surface area (Å²) in [7, 11) is -3.79. The van der Waals surface area contributed by atoms with E-state index in [9.17, 15) is 13.2 Å². The lowest BCUT2D eigenvalue weighted by molar-refractivity contribution is -0.132. The Labute approximate surface area is 98.4 Å². The molecule has 8 heteroatoms. The molecule has 7 nitrogen and oxygen atoms in total. The predicted octanol–water partition coefficient (Wildman–Crippen LogP) is -0.928. The monoisotopic (exact) mass is 260 g/mol. The third kappa shape index (κ3) is 2.54. The summed E-state index contributed by atoms with van der Waals surface area (Å²) < 4.78 is 31.5. The molecule has 2 aliphatic heterocycles. The van der Waals surface area contributed by atoms with E-state index in [-0.39, 0.29) is 17.0 Å². The highest BCUT2D eigenvalue weighted by Gasteiger charge is 2.31. The number of rotatable bonds is 3. The van der Waals surface area contributed by atoms with Gasteiger partial charge >= 0.3 is 5.97 Å². The van der Waals surface area contributed by atoms with Gasteiger partial charge in [0.1, 0.15) is 0 Å². The van der Waals surface area contributed by atoms with Gasteiger partial charge in [-0.3, -0.25) is 4.90 Å². The second kappa shape index (κ2) is 4.55. The molecule has 1 N–H and O–H groups in total. The molecule has 0 amide bonds. The topological polar surface area (TPSA) is 96.3 Å². The van der Waals surface area contributed by atoms with Crippen LogP contribution in [0.25, 0.3) is 0 Å². The van der Waals surface area contributed by atoms with Crippen molar-refractivity contribution in [2.75, 3.05) is 32.8 Å². The summed E-state index contributed by atoms with van der Waals surface area (Å²) in [6.45, 7) is 2.30. The van der Waals surface area contributed by atoms with Gasteiger partial charge in [0.2, 0.25) is 0 Å². The van der Waals surface area contributed by atoms with Crippen LogP contribution in [0.4, 0.5) is 0 Å². The second-order valence-corrected chi connectivity index (χ2v) is 5.39. The molecule has 94 valence electrons. The fourth-order valence-electron chi connectivity index (χ4n) is 1.70. The zero-order valence-corrected chi connectivity index (χ0v) is 9.81. The standard InChI is InChI=1S/C9H12N2O5S/c12-9(13)7-5-10-17(14,15)8(7)6-11-1-3-16-4-2-11/h5H,1-4,6H2,(H,12,13). The Balaban J connectivity index is 2.22. The zero-order chi connectivity index (χ0) is 12.5. The van der Waals surface area contributed by atoms with Gasteiger partial charge in [0.25, 0.3) is 10.0 Å². The van der Waals surface area contributed by atoms with E-state index in [0.717, 1.165) is 6.21 Å². The molecule has 2 aliphatic rings. The quantitative estimate of drug-likeness (QED) is 0.704. The minimum absolute atomic E-state index is 0.0767. The van der Waals surface area contributed by atoms with Crippen molar-refractivity contribution >= 4 is 22.2 Å². The molecule has 0 aromatic rings. The molecule has 0 aliphatic carbocycles. The van der Waals surface area contributed by atoms with Crippen molar-refractivity contribution in [3.8, 4) is 0 Å². The highest BCUT2D eigenvalue weighted by Crippen LogP contribution is 2.21. The Morgan fingerprint density at radius 2 is 2.12 bits per heavy atom. The third-order valence-corrected chi connectivity index (χ3v) is 3.99. The molecule has 0 unspecified atom stereocenters. The molecule has 1 fully saturated rings. The summed E-state index contributed by atoms with van der Waals surface area (Å²) >= 11 is 0. The van der Waals surface area contributed by atoms with Gasteiger partial charge in [-0.15, -0.1) is 0 Å². The fraction of sp³-hybridized carbons (Fsp3) is 0.556. The maximum Gasteiger partial charge on any atom is 0.338 e. The van der Waals surface area contributed by atoms with Crippen LogP contribution < -0.4 is 0 Å². The van der Waals surface area contributed by atoms with Gasteiger partial charge < -0.3 is 9.84 Å². The lowest BCUT2D eigenvalue weighted by Crippen LogP contribution is -2.38. The number of nitrogens with zero attached hydrogens (tertiary/aromatic N) is 2. The molecule has 0 saturated carbocycles. The van der Waals surface area contributed by atoms with Crippen LogP contribution >= 0.6 is 0 Å². The Morgan fingerprint density at radius 3 is 2.71 bits per heavy atom. The van der Waals surface area contributed by atoms with Crippen LogP contribution in [0.1, 0.15) is 0 Å². The van der Waals surface area contributed by atoms with Crippen molar-refractivity contribution in [3.05, 3.63) is 10.5 Å². The van der Waals surface area contributed by atoms with E-state index in [4.69, 9.17) is 9.84 Å². The smallest absolute Gasteiger partial charge is 0.338 e. The van der Waals surface area contributed by atoms with Crippen LogP contribution in [0.5, 0.6) is 0 Å². The molecule has 2 heterocycles. The average Bonchev–Trinajstić information content (AvgIpc) is 2.56. The Morgan fingerprint density at radius 1 is 1.47 bits per heavy atom. The first kappa shape index (κ1) is 12.2. The van der Waals surface area contributed by atoms with Crippen molar-refractivity contribution in [2.24, 2.45) is 4.40 Å². The van der Waals surface area contributed by atoms with E-state index in [0.29, 0.717) is 26.3 Å². The molecule has 0 aromatic carbocycles. The molecule has 1 saturated heterocycles. The number of carbonyl (C=O) groups is 1. The molecular formula is C9H12N2O5S. The highest BCUT2D eigenvalue weighted by atomic mass is 32.2. The van der Waals surface area contributed by atoms with Gasteiger partial charge in [0.05, 0.1) is 29.9 Å². The van der Waals surface area contributed by atoms with Crippen molar-refractivity contribution in [1.82, 2.24) is 4.90 Å². The lowest BCUT2D eigenvalue weighted by atomic mass is 10.2. The second-order valence-electron chi connectivity index (χ2n) is 3.74. The molecular weight excluding hydrogens is 248 g/mol. The summed E-state index contributed by atoms with van der Waals surface area (Å²) in [6.07, 6.45) is 0.896. The highest BCUT2D eigenvalue weighted by molar-refractivity contribution is 7.94. The first-order chi connectivity index (χ1) is 8.00. The van der Waals surface area contributed by atoms with Crippen molar-refractivity contribution in [2.45, 2.75) is 0 Å². The van der Waals surface area contributed by atoms with Gasteiger partial charge in [-0.05, 0) is 0 Å². The number of hydrogen-bond acceptors (Lipinski definition) is 5. The van der Waals surface area contributed by atoms with Crippen LogP contribution in [0.15, 0.2) is 14.9 Å². The number of carboxylic acids is 1. The predicted molar refractivity (Wildman–Crippen MR) is 59.3 cm³/mol. The SMILES string of the molecule is O=C(O)C1=C(CN2CCOCC2)S(=O)(=O)N=C1. The Hall–Kier alpha value is -1.25. The van der Waals surface area contributed by atoms with Gasteiger partial charge in [0, 0.05) is 19.6 Å². The first-order valence-electron chi connectivity index (χ1n) is 5.07. The lowest BCUT2D eigenvalue weighted by Gasteiger charge is -2.26. The molecule has 0 bridgehead atoms. The van der Waals surface area contributed by atoms with Gasteiger partial charge in [-0.2, -0.15) is 12.8 Å². The summed E-state index contributed by atoms with van der Waals surface area (Å²) in [5.41, 5.74) is -0.239. The fourth-order valence-corrected chi connectivity index (χ4v) is 2.84. The third-order valence-electron chi connectivity index (χ3n) is 2.63. The van der Waals surface area contributed by atoms with Crippen molar-refractivity contribution < 1.29 is 23.1 Å². The Bertz CT molecular complexity index is 488. The number of sulfonamides is 1. The first-order valence-corrected chi connectivity index (χ1v) is 6.51. The van der Waals surface area contributed by atoms with Gasteiger partial charge in [-0.1, -0.05) is 0 Å². The van der Waals surface area contributed by atoms with Crippen LogP contribution in [0.3, 0.4) is 0 Å². The zero-order valence-electron chi connectivity index (χ0n) is 9.00. The molecule has 0 aromatic heterocycles. The molecule has 0 radical (unpaired) electrons. The van der Waals surface area contributed by atoms with Crippen LogP contribution in [-0.4, -0.2) is 63.5 Å². The van der Waals surface area contributed by atoms with E-state index in [1.54, 1.807) is 0 Å². The largest absolute Gasteiger partial charge is 0.478 e. The van der Waals surface area contributed by atoms with Crippen LogP contribution in [0.2, 0.25) is 0 Å². The van der Waals surface area contributed by atoms with E-state index in [2.05, 4.69) is 4.40 Å². The number of carboxylic acid groups (broad SMARTS) is 1. The van der Waals surface area contributed by atoms with Gasteiger partial charge in [0.15, 0.2) is 0 Å². The van der Waals surface area contributed by atoms with Crippen molar-refractivity contribution in [1.29, 1.82) is 0 Å². The minimum Gasteiger partial charge on any atom is -0.478 e. The molecule has 0 spiro atoms. The van der Waals surface area contributed by atoms with Crippen LogP contribution in [0, 0.1) is 0 Å². The minimum atomic E-state index is -3.79. The van der Waals surface area contributed by atoms with E-state index < -0.39 is 16.0 Å². The van der Waals surface area contributed by atoms with E-state index in [1.165, 1.54) is 0 Å². The molecule has 17 heavy (non-hydrogen) atoms. The average molecular weight is 260 g/mol. The molecule has 2 rings (SSSR count). The number of hydrogen-bond donors (Lipinski definition) is 1. The maximum atomic E-state index is 11.6. The summed E-state index contributed by atoms with van der Waals surface area (Å²) in [4.78, 5) is 12.6. The van der Waals surface area contributed by atoms with E-state index in [1.807, 2.05) is 4.90 Å². The van der Waals surface area contributed by atoms with Crippen molar-refractivity contribution in [3.63, 3.8) is 0 Å². The number of aliphatic carboxylic acids is 1. The summed E-state index contributed by atoms with van der Waals surface area (Å²) in [5.74, 6) is -1.27. The molecule has 0 atom stereocenters. The normalized spacial score (nSPS) is 24.2. The van der Waals surface area contributed by atoms with Crippen LogP contribution in [-0.2, 0) is 19.6 Å². The number of ether oxygens (including phenoxy) is 1. The maximum absolute atomic E-state index is 11.6. The van der Waals surface area contributed by atoms with E-state index >= 15 is 0 Å². The van der Waals surface area contributed by atoms with Gasteiger partial charge in [-0.25, -0.2) is 4.79 Å². The summed E-state index contributed by atoms with van der Waals surface area (Å²) in [5, 5.41) is 8.89. The number of morpholine rings is 1.